The summed E-state index contributed by atoms with van der Waals surface area (Å²) >= 11 is 0. The molecular weight excluding hydrogens is 342 g/mol. The zero-order valence-electron chi connectivity index (χ0n) is 15.5. The normalized spacial score (nSPS) is 22.2. The maximum atomic E-state index is 12.4. The Morgan fingerprint density at radius 1 is 1.23 bits per heavy atom. The maximum Gasteiger partial charge on any atom is 0.340 e. The van der Waals surface area contributed by atoms with Crippen molar-refractivity contribution >= 4 is 17.9 Å². The van der Waals surface area contributed by atoms with Crippen LogP contribution in [0.4, 0.5) is 0 Å². The topological polar surface area (TPSA) is 100 Å². The van der Waals surface area contributed by atoms with Crippen LogP contribution in [0.2, 0.25) is 0 Å². The monoisotopic (exact) mass is 367 g/mol. The fraction of sp³-hybridized carbons (Fsp3) is 0.611. The van der Waals surface area contributed by atoms with Gasteiger partial charge < -0.3 is 24.3 Å². The highest BCUT2D eigenvalue weighted by Crippen LogP contribution is 2.39. The SMILES string of the molecule is CCCCCNC1=C(C(=O)OC)C(C(=O)OC)C2=C(CC(C)OC2=O)O1. The summed E-state index contributed by atoms with van der Waals surface area (Å²) in [6, 6.07) is 0. The lowest BCUT2D eigenvalue weighted by atomic mass is 9.86. The molecule has 2 heterocycles. The van der Waals surface area contributed by atoms with Crippen LogP contribution in [-0.2, 0) is 33.3 Å². The smallest absolute Gasteiger partial charge is 0.340 e. The molecule has 0 bridgehead atoms. The molecule has 2 rings (SSSR count). The highest BCUT2D eigenvalue weighted by Gasteiger charge is 2.47. The summed E-state index contributed by atoms with van der Waals surface area (Å²) in [6.45, 7) is 4.36. The zero-order valence-corrected chi connectivity index (χ0v) is 15.5. The van der Waals surface area contributed by atoms with Gasteiger partial charge in [0.2, 0.25) is 5.88 Å². The maximum absolute atomic E-state index is 12.4. The summed E-state index contributed by atoms with van der Waals surface area (Å²) in [6.07, 6.45) is 2.83. The Labute approximate surface area is 152 Å². The molecule has 2 atom stereocenters. The minimum Gasteiger partial charge on any atom is -0.468 e. The molecule has 26 heavy (non-hydrogen) atoms. The number of rotatable bonds is 7. The van der Waals surface area contributed by atoms with Crippen molar-refractivity contribution in [3.05, 3.63) is 22.8 Å². The van der Waals surface area contributed by atoms with E-state index in [1.54, 1.807) is 6.92 Å². The van der Waals surface area contributed by atoms with Crippen LogP contribution in [0.5, 0.6) is 0 Å². The Hall–Kier alpha value is -2.51. The molecule has 2 unspecified atom stereocenters. The fourth-order valence-corrected chi connectivity index (χ4v) is 2.98. The number of carbonyl (C=O) groups excluding carboxylic acids is 3. The van der Waals surface area contributed by atoms with Crippen molar-refractivity contribution in [1.82, 2.24) is 5.32 Å². The summed E-state index contributed by atoms with van der Waals surface area (Å²) in [5.41, 5.74) is -0.0874. The van der Waals surface area contributed by atoms with E-state index in [1.807, 2.05) is 0 Å². The molecule has 0 aromatic rings. The summed E-state index contributed by atoms with van der Waals surface area (Å²) in [4.78, 5) is 37.1. The van der Waals surface area contributed by atoms with Gasteiger partial charge >= 0.3 is 17.9 Å². The Balaban J connectivity index is 2.45. The first-order valence-corrected chi connectivity index (χ1v) is 8.70. The Bertz CT molecular complexity index is 650. The second-order valence-electron chi connectivity index (χ2n) is 6.18. The van der Waals surface area contributed by atoms with E-state index in [2.05, 4.69) is 12.2 Å². The van der Waals surface area contributed by atoms with Crippen LogP contribution < -0.4 is 5.32 Å². The first kappa shape index (κ1) is 19.8. The number of ether oxygens (including phenoxy) is 4. The van der Waals surface area contributed by atoms with Crippen molar-refractivity contribution in [2.75, 3.05) is 20.8 Å². The van der Waals surface area contributed by atoms with E-state index in [9.17, 15) is 14.4 Å². The van der Waals surface area contributed by atoms with Crippen LogP contribution >= 0.6 is 0 Å². The molecule has 144 valence electrons. The average molecular weight is 367 g/mol. The van der Waals surface area contributed by atoms with E-state index in [4.69, 9.17) is 18.9 Å². The molecule has 1 N–H and O–H groups in total. The van der Waals surface area contributed by atoms with Crippen molar-refractivity contribution in [3.63, 3.8) is 0 Å². The molecule has 0 aliphatic carbocycles. The molecule has 0 amide bonds. The molecular formula is C18H25NO7. The molecule has 0 fully saturated rings. The van der Waals surface area contributed by atoms with E-state index in [0.717, 1.165) is 19.3 Å². The number of methoxy groups -OCH3 is 2. The molecule has 0 aromatic carbocycles. The van der Waals surface area contributed by atoms with Crippen molar-refractivity contribution < 1.29 is 33.3 Å². The molecule has 2 aliphatic heterocycles. The molecule has 0 spiro atoms. The molecule has 0 saturated carbocycles. The van der Waals surface area contributed by atoms with Crippen LogP contribution in [0.25, 0.3) is 0 Å². The van der Waals surface area contributed by atoms with E-state index in [0.29, 0.717) is 18.7 Å². The number of carbonyl (C=O) groups is 3. The highest BCUT2D eigenvalue weighted by molar-refractivity contribution is 6.05. The third kappa shape index (κ3) is 4.00. The van der Waals surface area contributed by atoms with Gasteiger partial charge in [0.1, 0.15) is 23.4 Å². The quantitative estimate of drug-likeness (QED) is 0.411. The van der Waals surface area contributed by atoms with Crippen LogP contribution in [0.3, 0.4) is 0 Å². The number of esters is 3. The largest absolute Gasteiger partial charge is 0.468 e. The van der Waals surface area contributed by atoms with Gasteiger partial charge in [-0.05, 0) is 13.3 Å². The molecule has 2 aliphatic rings. The van der Waals surface area contributed by atoms with Crippen LogP contribution in [0.1, 0.15) is 39.5 Å². The first-order valence-electron chi connectivity index (χ1n) is 8.70. The fourth-order valence-electron chi connectivity index (χ4n) is 2.98. The van der Waals surface area contributed by atoms with E-state index in [-0.39, 0.29) is 23.1 Å². The lowest BCUT2D eigenvalue weighted by molar-refractivity contribution is -0.153. The Morgan fingerprint density at radius 2 is 1.96 bits per heavy atom. The van der Waals surface area contributed by atoms with Crippen LogP contribution in [0, 0.1) is 5.92 Å². The van der Waals surface area contributed by atoms with Gasteiger partial charge in [-0.2, -0.15) is 0 Å². The number of cyclic esters (lactones) is 1. The minimum atomic E-state index is -1.25. The zero-order chi connectivity index (χ0) is 19.3. The van der Waals surface area contributed by atoms with Gasteiger partial charge in [0.25, 0.3) is 0 Å². The van der Waals surface area contributed by atoms with Crippen LogP contribution in [0.15, 0.2) is 22.8 Å². The summed E-state index contributed by atoms with van der Waals surface area (Å²) in [5, 5.41) is 3.06. The average Bonchev–Trinajstić information content (AvgIpc) is 2.62. The van der Waals surface area contributed by atoms with Gasteiger partial charge in [0.05, 0.1) is 19.8 Å². The number of nitrogens with one attached hydrogen (secondary N) is 1. The third-order valence-corrected chi connectivity index (χ3v) is 4.26. The predicted molar refractivity (Wildman–Crippen MR) is 90.4 cm³/mol. The molecule has 0 radical (unpaired) electrons. The summed E-state index contributed by atoms with van der Waals surface area (Å²) in [7, 11) is 2.39. The molecule has 8 nitrogen and oxygen atoms in total. The second-order valence-corrected chi connectivity index (χ2v) is 6.18. The second kappa shape index (κ2) is 8.73. The van der Waals surface area contributed by atoms with Crippen molar-refractivity contribution in [1.29, 1.82) is 0 Å². The number of hydrogen-bond donors (Lipinski definition) is 1. The summed E-state index contributed by atoms with van der Waals surface area (Å²) in [5.74, 6) is -3.01. The van der Waals surface area contributed by atoms with E-state index >= 15 is 0 Å². The lowest BCUT2D eigenvalue weighted by Crippen LogP contribution is -2.40. The standard InChI is InChI=1S/C18H25NO7/c1-5-6-7-8-19-15-14(17(21)24-4)13(16(20)23-3)12-11(26-15)9-10(2)25-18(12)22/h10,13,19H,5-9H2,1-4H3. The predicted octanol–water partition coefficient (Wildman–Crippen LogP) is 1.56. The molecule has 8 heteroatoms. The van der Waals surface area contributed by atoms with Crippen LogP contribution in [-0.4, -0.2) is 44.8 Å². The Kier molecular flexibility index (Phi) is 6.65. The van der Waals surface area contributed by atoms with Gasteiger partial charge in [-0.25, -0.2) is 9.59 Å². The number of hydrogen-bond acceptors (Lipinski definition) is 8. The van der Waals surface area contributed by atoms with Gasteiger partial charge in [-0.3, -0.25) is 4.79 Å². The minimum absolute atomic E-state index is 0.00513. The third-order valence-electron chi connectivity index (χ3n) is 4.26. The Morgan fingerprint density at radius 3 is 2.58 bits per heavy atom. The van der Waals surface area contributed by atoms with E-state index in [1.165, 1.54) is 14.2 Å². The van der Waals surface area contributed by atoms with Gasteiger partial charge in [-0.15, -0.1) is 0 Å². The van der Waals surface area contributed by atoms with E-state index < -0.39 is 23.8 Å². The van der Waals surface area contributed by atoms with Crippen molar-refractivity contribution in [2.45, 2.75) is 45.6 Å². The molecule has 0 aromatic heterocycles. The van der Waals surface area contributed by atoms with Gasteiger partial charge in [0, 0.05) is 13.0 Å². The van der Waals surface area contributed by atoms with Crippen molar-refractivity contribution in [2.24, 2.45) is 5.92 Å². The number of unbranched alkanes of at least 4 members (excludes halogenated alkanes) is 2. The lowest BCUT2D eigenvalue weighted by Gasteiger charge is -2.33. The molecule has 0 saturated heterocycles. The van der Waals surface area contributed by atoms with Crippen molar-refractivity contribution in [3.8, 4) is 0 Å². The van der Waals surface area contributed by atoms with Gasteiger partial charge in [-0.1, -0.05) is 19.8 Å². The van der Waals surface area contributed by atoms with Gasteiger partial charge in [0.15, 0.2) is 0 Å². The summed E-state index contributed by atoms with van der Waals surface area (Å²) < 4.78 is 20.7. The first-order chi connectivity index (χ1) is 12.4. The highest BCUT2D eigenvalue weighted by atomic mass is 16.6.